The van der Waals surface area contributed by atoms with E-state index in [1.54, 1.807) is 0 Å². The highest BCUT2D eigenvalue weighted by Gasteiger charge is 2.32. The van der Waals surface area contributed by atoms with E-state index in [1.807, 2.05) is 0 Å². The summed E-state index contributed by atoms with van der Waals surface area (Å²) >= 11 is 0. The summed E-state index contributed by atoms with van der Waals surface area (Å²) in [4.78, 5) is 2.63. The van der Waals surface area contributed by atoms with Gasteiger partial charge in [0.25, 0.3) is 0 Å². The lowest BCUT2D eigenvalue weighted by Gasteiger charge is -2.33. The van der Waals surface area contributed by atoms with Crippen molar-refractivity contribution in [1.82, 2.24) is 4.90 Å². The average Bonchev–Trinajstić information content (AvgIpc) is 2.33. The van der Waals surface area contributed by atoms with E-state index in [0.717, 1.165) is 12.1 Å². The maximum absolute atomic E-state index is 4.07. The van der Waals surface area contributed by atoms with E-state index in [0.29, 0.717) is 0 Å². The monoisotopic (exact) mass is 151 g/mol. The number of hydrogen-bond donors (Lipinski definition) is 0. The van der Waals surface area contributed by atoms with Crippen LogP contribution >= 0.6 is 0 Å². The number of rotatable bonds is 0. The van der Waals surface area contributed by atoms with Crippen molar-refractivity contribution in [1.29, 1.82) is 0 Å². The lowest BCUT2D eigenvalue weighted by atomic mass is 10.00. The van der Waals surface area contributed by atoms with Gasteiger partial charge in [0.15, 0.2) is 0 Å². The van der Waals surface area contributed by atoms with Gasteiger partial charge in [-0.05, 0) is 32.6 Å². The first kappa shape index (κ1) is 7.35. The molecule has 0 spiro atoms. The molecule has 0 N–H and O–H groups in total. The third-order valence-corrected chi connectivity index (χ3v) is 3.19. The summed E-state index contributed by atoms with van der Waals surface area (Å²) in [5, 5.41) is 0. The molecule has 0 aromatic heterocycles. The maximum atomic E-state index is 4.07. The molecule has 62 valence electrons. The molecule has 2 fully saturated rings. The van der Waals surface area contributed by atoms with Crippen molar-refractivity contribution in [3.63, 3.8) is 0 Å². The Morgan fingerprint density at radius 2 is 2.18 bits per heavy atom. The van der Waals surface area contributed by atoms with Gasteiger partial charge in [0, 0.05) is 18.6 Å². The Hall–Kier alpha value is -0.300. The van der Waals surface area contributed by atoms with E-state index in [2.05, 4.69) is 18.4 Å². The van der Waals surface area contributed by atoms with E-state index in [9.17, 15) is 0 Å². The first-order valence-corrected chi connectivity index (χ1v) is 4.70. The topological polar surface area (TPSA) is 3.24 Å². The molecule has 0 bridgehead atoms. The van der Waals surface area contributed by atoms with Crippen LogP contribution in [0.3, 0.4) is 0 Å². The Labute approximate surface area is 69.1 Å². The highest BCUT2D eigenvalue weighted by atomic mass is 15.2. The van der Waals surface area contributed by atoms with E-state index in [-0.39, 0.29) is 0 Å². The summed E-state index contributed by atoms with van der Waals surface area (Å²) in [6.07, 6.45) is 5.46. The van der Waals surface area contributed by atoms with Gasteiger partial charge in [0.2, 0.25) is 0 Å². The van der Waals surface area contributed by atoms with Crippen LogP contribution in [-0.4, -0.2) is 23.5 Å². The summed E-state index contributed by atoms with van der Waals surface area (Å²) in [6, 6.07) is 1.72. The quantitative estimate of drug-likeness (QED) is 0.480. The number of nitrogens with zero attached hydrogens (tertiary/aromatic N) is 1. The fourth-order valence-corrected chi connectivity index (χ4v) is 2.43. The highest BCUT2D eigenvalue weighted by molar-refractivity contribution is 5.06. The van der Waals surface area contributed by atoms with Crippen LogP contribution in [0.15, 0.2) is 12.2 Å². The van der Waals surface area contributed by atoms with Crippen LogP contribution in [0, 0.1) is 0 Å². The molecule has 2 aliphatic heterocycles. The average molecular weight is 151 g/mol. The van der Waals surface area contributed by atoms with Crippen molar-refractivity contribution in [3.05, 3.63) is 12.2 Å². The third kappa shape index (κ3) is 1.22. The van der Waals surface area contributed by atoms with Crippen molar-refractivity contribution in [3.8, 4) is 0 Å². The Bertz CT molecular complexity index is 174. The van der Waals surface area contributed by atoms with Crippen LogP contribution < -0.4 is 0 Å². The van der Waals surface area contributed by atoms with Crippen LogP contribution in [0.1, 0.15) is 32.6 Å². The second-order valence-corrected chi connectivity index (χ2v) is 4.04. The van der Waals surface area contributed by atoms with Crippen molar-refractivity contribution >= 4 is 0 Å². The van der Waals surface area contributed by atoms with Gasteiger partial charge in [-0.25, -0.2) is 0 Å². The molecule has 0 radical (unpaired) electrons. The summed E-state index contributed by atoms with van der Waals surface area (Å²) in [5.41, 5.74) is 1.44. The van der Waals surface area contributed by atoms with Crippen molar-refractivity contribution in [2.24, 2.45) is 0 Å². The van der Waals surface area contributed by atoms with E-state index < -0.39 is 0 Å². The second-order valence-electron chi connectivity index (χ2n) is 4.04. The molecular weight excluding hydrogens is 134 g/mol. The van der Waals surface area contributed by atoms with Crippen LogP contribution in [0.2, 0.25) is 0 Å². The molecule has 1 nitrogen and oxygen atoms in total. The zero-order valence-electron chi connectivity index (χ0n) is 7.34. The van der Waals surface area contributed by atoms with Crippen LogP contribution in [0.5, 0.6) is 0 Å². The minimum absolute atomic E-state index is 0.817. The van der Waals surface area contributed by atoms with Gasteiger partial charge in [-0.15, -0.1) is 0 Å². The van der Waals surface area contributed by atoms with Gasteiger partial charge in [-0.1, -0.05) is 12.2 Å². The lowest BCUT2D eigenvalue weighted by molar-refractivity contribution is 0.189. The predicted molar refractivity (Wildman–Crippen MR) is 47.6 cm³/mol. The molecule has 0 aromatic carbocycles. The fraction of sp³-hybridized carbons (Fsp3) is 0.800. The van der Waals surface area contributed by atoms with E-state index in [4.69, 9.17) is 0 Å². The SMILES string of the molecule is C=C1CCC2CCC(C)N2C1. The van der Waals surface area contributed by atoms with Gasteiger partial charge in [0.1, 0.15) is 0 Å². The molecule has 2 rings (SSSR count). The Kier molecular flexibility index (Phi) is 1.76. The first-order chi connectivity index (χ1) is 5.27. The Morgan fingerprint density at radius 1 is 1.36 bits per heavy atom. The molecule has 2 saturated heterocycles. The van der Waals surface area contributed by atoms with Crippen LogP contribution in [0.4, 0.5) is 0 Å². The largest absolute Gasteiger partial charge is 0.294 e. The summed E-state index contributed by atoms with van der Waals surface area (Å²) in [5.74, 6) is 0. The molecule has 11 heavy (non-hydrogen) atoms. The summed E-state index contributed by atoms with van der Waals surface area (Å²) in [6.45, 7) is 7.59. The van der Waals surface area contributed by atoms with Gasteiger partial charge >= 0.3 is 0 Å². The lowest BCUT2D eigenvalue weighted by Crippen LogP contribution is -2.39. The summed E-state index contributed by atoms with van der Waals surface area (Å²) in [7, 11) is 0. The number of fused-ring (bicyclic) bond motifs is 1. The minimum Gasteiger partial charge on any atom is -0.294 e. The molecule has 1 heteroatoms. The standard InChI is InChI=1S/C10H17N/c1-8-3-5-10-6-4-9(2)11(10)7-8/h9-10H,1,3-7H2,2H3. The van der Waals surface area contributed by atoms with Gasteiger partial charge in [-0.2, -0.15) is 0 Å². The van der Waals surface area contributed by atoms with Crippen LogP contribution in [0.25, 0.3) is 0 Å². The molecular formula is C10H17N. The molecule has 2 unspecified atom stereocenters. The molecule has 2 atom stereocenters. The van der Waals surface area contributed by atoms with Gasteiger partial charge in [0.05, 0.1) is 0 Å². The minimum atomic E-state index is 0.817. The highest BCUT2D eigenvalue weighted by Crippen LogP contribution is 2.32. The molecule has 0 aliphatic carbocycles. The summed E-state index contributed by atoms with van der Waals surface area (Å²) < 4.78 is 0. The van der Waals surface area contributed by atoms with Gasteiger partial charge in [-0.3, -0.25) is 4.90 Å². The molecule has 0 aromatic rings. The zero-order valence-corrected chi connectivity index (χ0v) is 7.34. The van der Waals surface area contributed by atoms with Gasteiger partial charge < -0.3 is 0 Å². The Morgan fingerprint density at radius 3 is 3.00 bits per heavy atom. The number of piperidine rings is 1. The molecule has 0 saturated carbocycles. The van der Waals surface area contributed by atoms with Crippen LogP contribution in [-0.2, 0) is 0 Å². The Balaban J connectivity index is 2.07. The first-order valence-electron chi connectivity index (χ1n) is 4.70. The molecule has 0 amide bonds. The maximum Gasteiger partial charge on any atom is 0.0195 e. The van der Waals surface area contributed by atoms with E-state index in [1.165, 1.54) is 37.8 Å². The molecule has 2 aliphatic rings. The smallest absolute Gasteiger partial charge is 0.0195 e. The normalized spacial score (nSPS) is 39.2. The molecule has 2 heterocycles. The van der Waals surface area contributed by atoms with Crippen molar-refractivity contribution in [2.45, 2.75) is 44.7 Å². The van der Waals surface area contributed by atoms with Crippen molar-refractivity contribution in [2.75, 3.05) is 6.54 Å². The van der Waals surface area contributed by atoms with Crippen molar-refractivity contribution < 1.29 is 0 Å². The third-order valence-electron chi connectivity index (χ3n) is 3.19. The van der Waals surface area contributed by atoms with E-state index >= 15 is 0 Å². The number of hydrogen-bond acceptors (Lipinski definition) is 1. The second kappa shape index (κ2) is 2.63. The zero-order chi connectivity index (χ0) is 7.84. The predicted octanol–water partition coefficient (Wildman–Crippen LogP) is 2.19. The fourth-order valence-electron chi connectivity index (χ4n) is 2.43.